The van der Waals surface area contributed by atoms with Crippen molar-refractivity contribution in [2.75, 3.05) is 0 Å². The number of hydrogen-bond donors (Lipinski definition) is 0. The zero-order valence-electron chi connectivity index (χ0n) is 11.5. The topological polar surface area (TPSA) is 101 Å². The molecule has 0 amide bonds. The normalized spacial score (nSPS) is 11.4. The number of halogens is 1. The molecular weight excluding hydrogens is 344 g/mol. The van der Waals surface area contributed by atoms with Gasteiger partial charge in [0.05, 0.1) is 0 Å². The lowest BCUT2D eigenvalue weighted by atomic mass is 10.5. The third-order valence-corrected chi connectivity index (χ3v) is 3.76. The molecule has 0 spiro atoms. The first-order valence-corrected chi connectivity index (χ1v) is 6.80. The van der Waals surface area contributed by atoms with Gasteiger partial charge in [-0.25, -0.2) is 9.78 Å². The van der Waals surface area contributed by atoms with Crippen LogP contribution >= 0.6 is 15.9 Å². The quantitative estimate of drug-likeness (QED) is 0.597. The van der Waals surface area contributed by atoms with Crippen molar-refractivity contribution in [1.29, 1.82) is 0 Å². The van der Waals surface area contributed by atoms with Gasteiger partial charge in [-0.05, 0) is 15.9 Å². The summed E-state index contributed by atoms with van der Waals surface area (Å²) in [7, 11) is 2.99. The van der Waals surface area contributed by atoms with Crippen LogP contribution in [0.3, 0.4) is 0 Å². The van der Waals surface area contributed by atoms with E-state index in [4.69, 9.17) is 4.42 Å². The highest BCUT2D eigenvalue weighted by Gasteiger charge is 2.19. The van der Waals surface area contributed by atoms with E-state index in [1.165, 1.54) is 11.6 Å². The van der Waals surface area contributed by atoms with E-state index in [1.807, 2.05) is 0 Å². The van der Waals surface area contributed by atoms with Gasteiger partial charge in [-0.2, -0.15) is 0 Å². The van der Waals surface area contributed by atoms with E-state index in [0.717, 1.165) is 4.57 Å². The second kappa shape index (κ2) is 4.65. The standard InChI is InChI=1S/C11H11BrN6O3/c1-5-14-15-6(21-5)4-18-8-7(13-10(18)12)9(19)17(3)11(20)16(8)2/h4H2,1-3H3. The molecule has 0 saturated carbocycles. The van der Waals surface area contributed by atoms with Crippen LogP contribution in [0.2, 0.25) is 0 Å². The molecule has 0 radical (unpaired) electrons. The Kier molecular flexibility index (Phi) is 3.04. The highest BCUT2D eigenvalue weighted by molar-refractivity contribution is 9.10. The van der Waals surface area contributed by atoms with Crippen LogP contribution in [0.1, 0.15) is 11.8 Å². The van der Waals surface area contributed by atoms with E-state index in [1.54, 1.807) is 18.5 Å². The van der Waals surface area contributed by atoms with Crippen LogP contribution in [0.25, 0.3) is 11.2 Å². The molecule has 0 fully saturated rings. The van der Waals surface area contributed by atoms with E-state index in [-0.39, 0.29) is 12.1 Å². The summed E-state index contributed by atoms with van der Waals surface area (Å²) in [5.41, 5.74) is -0.286. The molecule has 0 bridgehead atoms. The van der Waals surface area contributed by atoms with Crippen molar-refractivity contribution in [3.8, 4) is 0 Å². The average Bonchev–Trinajstić information content (AvgIpc) is 2.99. The summed E-state index contributed by atoms with van der Waals surface area (Å²) in [6, 6.07) is 0. The fraction of sp³-hybridized carbons (Fsp3) is 0.364. The maximum Gasteiger partial charge on any atom is 0.332 e. The van der Waals surface area contributed by atoms with Crippen LogP contribution in [-0.4, -0.2) is 28.9 Å². The van der Waals surface area contributed by atoms with Crippen molar-refractivity contribution in [2.45, 2.75) is 13.5 Å². The Balaban J connectivity index is 2.31. The van der Waals surface area contributed by atoms with Gasteiger partial charge in [-0.1, -0.05) is 0 Å². The number of aryl methyl sites for hydroxylation is 2. The molecule has 9 nitrogen and oxygen atoms in total. The number of rotatable bonds is 2. The number of imidazole rings is 1. The van der Waals surface area contributed by atoms with Gasteiger partial charge in [-0.3, -0.25) is 18.5 Å². The Morgan fingerprint density at radius 3 is 2.52 bits per heavy atom. The Bertz CT molecular complexity index is 963. The smallest absolute Gasteiger partial charge is 0.332 e. The lowest BCUT2D eigenvalue weighted by molar-refractivity contribution is 0.453. The molecule has 0 aliphatic rings. The molecule has 0 unspecified atom stereocenters. The van der Waals surface area contributed by atoms with Crippen molar-refractivity contribution >= 4 is 27.1 Å². The van der Waals surface area contributed by atoms with Crippen LogP contribution in [0.15, 0.2) is 18.7 Å². The van der Waals surface area contributed by atoms with Crippen LogP contribution in [-0.2, 0) is 20.6 Å². The van der Waals surface area contributed by atoms with Gasteiger partial charge in [-0.15, -0.1) is 10.2 Å². The summed E-state index contributed by atoms with van der Waals surface area (Å²) < 4.78 is 9.74. The lowest BCUT2D eigenvalue weighted by Gasteiger charge is -2.07. The van der Waals surface area contributed by atoms with Crippen LogP contribution in [0.4, 0.5) is 0 Å². The van der Waals surface area contributed by atoms with Crippen LogP contribution < -0.4 is 11.2 Å². The molecule has 0 saturated heterocycles. The Labute approximate surface area is 126 Å². The van der Waals surface area contributed by atoms with E-state index in [0.29, 0.717) is 22.2 Å². The third kappa shape index (κ3) is 2.02. The monoisotopic (exact) mass is 354 g/mol. The second-order valence-corrected chi connectivity index (χ2v) is 5.27. The van der Waals surface area contributed by atoms with Gasteiger partial charge >= 0.3 is 5.69 Å². The van der Waals surface area contributed by atoms with Crippen molar-refractivity contribution in [1.82, 2.24) is 28.9 Å². The number of hydrogen-bond acceptors (Lipinski definition) is 6. The minimum atomic E-state index is -0.450. The maximum absolute atomic E-state index is 12.1. The molecule has 3 rings (SSSR count). The minimum Gasteiger partial charge on any atom is -0.424 e. The molecule has 110 valence electrons. The Morgan fingerprint density at radius 2 is 1.90 bits per heavy atom. The van der Waals surface area contributed by atoms with Crippen molar-refractivity contribution < 1.29 is 4.42 Å². The molecule has 3 aromatic heterocycles. The first-order chi connectivity index (χ1) is 9.90. The molecule has 3 aromatic rings. The summed E-state index contributed by atoms with van der Waals surface area (Å²) in [6.45, 7) is 1.89. The van der Waals surface area contributed by atoms with Crippen molar-refractivity contribution in [3.63, 3.8) is 0 Å². The Hall–Kier alpha value is -2.23. The number of aromatic nitrogens is 6. The molecule has 0 aliphatic carbocycles. The first-order valence-electron chi connectivity index (χ1n) is 6.01. The van der Waals surface area contributed by atoms with E-state index in [9.17, 15) is 9.59 Å². The predicted octanol–water partition coefficient (Wildman–Crippen LogP) is -0.0641. The molecular formula is C11H11BrN6O3. The van der Waals surface area contributed by atoms with Crippen LogP contribution in [0.5, 0.6) is 0 Å². The fourth-order valence-electron chi connectivity index (χ4n) is 2.14. The van der Waals surface area contributed by atoms with Crippen molar-refractivity contribution in [2.24, 2.45) is 14.1 Å². The van der Waals surface area contributed by atoms with Gasteiger partial charge in [0.1, 0.15) is 6.54 Å². The SMILES string of the molecule is Cc1nnc(Cn2c(Br)nc3c(=O)n(C)c(=O)n(C)c32)o1. The summed E-state index contributed by atoms with van der Waals surface area (Å²) >= 11 is 3.29. The zero-order valence-corrected chi connectivity index (χ0v) is 13.1. The Morgan fingerprint density at radius 1 is 1.19 bits per heavy atom. The third-order valence-electron chi connectivity index (χ3n) is 3.15. The zero-order chi connectivity index (χ0) is 15.3. The van der Waals surface area contributed by atoms with Gasteiger partial charge in [0.25, 0.3) is 5.56 Å². The predicted molar refractivity (Wildman–Crippen MR) is 76.1 cm³/mol. The number of nitrogens with zero attached hydrogens (tertiary/aromatic N) is 6. The maximum atomic E-state index is 12.1. The molecule has 0 aromatic carbocycles. The second-order valence-electron chi connectivity index (χ2n) is 4.56. The average molecular weight is 355 g/mol. The van der Waals surface area contributed by atoms with Gasteiger partial charge < -0.3 is 4.42 Å². The van der Waals surface area contributed by atoms with E-state index in [2.05, 4.69) is 31.1 Å². The van der Waals surface area contributed by atoms with E-state index >= 15 is 0 Å². The highest BCUT2D eigenvalue weighted by Crippen LogP contribution is 2.18. The summed E-state index contributed by atoms with van der Waals surface area (Å²) in [4.78, 5) is 28.3. The van der Waals surface area contributed by atoms with Gasteiger partial charge in [0.2, 0.25) is 11.8 Å². The summed E-state index contributed by atoms with van der Waals surface area (Å²) in [5.74, 6) is 0.802. The molecule has 0 atom stereocenters. The van der Waals surface area contributed by atoms with Crippen molar-refractivity contribution in [3.05, 3.63) is 37.4 Å². The summed E-state index contributed by atoms with van der Waals surface area (Å²) in [6.07, 6.45) is 0. The van der Waals surface area contributed by atoms with Gasteiger partial charge in [0, 0.05) is 21.0 Å². The molecule has 3 heterocycles. The molecule has 0 aliphatic heterocycles. The largest absolute Gasteiger partial charge is 0.424 e. The minimum absolute atomic E-state index is 0.197. The highest BCUT2D eigenvalue weighted by atomic mass is 79.9. The van der Waals surface area contributed by atoms with Gasteiger partial charge in [0.15, 0.2) is 15.9 Å². The first kappa shape index (κ1) is 13.7. The number of fused-ring (bicyclic) bond motifs is 1. The molecule has 10 heteroatoms. The van der Waals surface area contributed by atoms with Crippen LogP contribution in [0, 0.1) is 6.92 Å². The molecule has 0 N–H and O–H groups in total. The molecule has 21 heavy (non-hydrogen) atoms. The summed E-state index contributed by atoms with van der Waals surface area (Å²) in [5, 5.41) is 7.65. The lowest BCUT2D eigenvalue weighted by Crippen LogP contribution is -2.37. The van der Waals surface area contributed by atoms with E-state index < -0.39 is 11.2 Å². The fourth-order valence-corrected chi connectivity index (χ4v) is 2.61.